The van der Waals surface area contributed by atoms with Crippen LogP contribution in [0.5, 0.6) is 0 Å². The van der Waals surface area contributed by atoms with E-state index in [4.69, 9.17) is 23.9 Å². The van der Waals surface area contributed by atoms with E-state index in [1.54, 1.807) is 0 Å². The number of carbonyl (C=O) groups is 3. The first kappa shape index (κ1) is 50.4. The highest BCUT2D eigenvalue weighted by molar-refractivity contribution is 7.85. The van der Waals surface area contributed by atoms with Gasteiger partial charge in [-0.15, -0.1) is 0 Å². The fraction of sp³-hybridized carbons (Fsp3) is 0.897. The van der Waals surface area contributed by atoms with E-state index < -0.39 is 119 Å². The predicted octanol–water partition coefficient (Wildman–Crippen LogP) is 5.96. The van der Waals surface area contributed by atoms with Gasteiger partial charge < -0.3 is 24.1 Å². The van der Waals surface area contributed by atoms with Crippen LogP contribution in [-0.4, -0.2) is 117 Å². The van der Waals surface area contributed by atoms with Gasteiger partial charge in [0, 0.05) is 6.61 Å². The van der Waals surface area contributed by atoms with E-state index in [0.29, 0.717) is 0 Å². The van der Waals surface area contributed by atoms with Gasteiger partial charge in [0.25, 0.3) is 10.1 Å². The standard InChI is InChI=1S/C29H42F12O11S/c1-6-23(4,20(44)51-13-12-49-10-7-8-14-53(46,47)48)16-24(5,21(45)50-11-9-42)15-22(2,3)19(43)52-17-25(32,33)27(36,37)29(40,41)28(38,39)26(34,35)18(30)31/h18,42H,6-17H2,1-5H3,(H,46,47,48). The Morgan fingerprint density at radius 1 is 0.660 bits per heavy atom. The number of unbranched alkanes of at least 4 members (excludes halogenated alkanes) is 1. The molecule has 0 bridgehead atoms. The number of aliphatic hydroxyl groups excluding tert-OH is 1. The normalized spacial score (nSPS) is 16.2. The number of rotatable bonds is 25. The van der Waals surface area contributed by atoms with Gasteiger partial charge >= 0.3 is 53.9 Å². The molecular formula is C29H42F12O11S. The molecule has 11 nitrogen and oxygen atoms in total. The number of ether oxygens (including phenoxy) is 4. The van der Waals surface area contributed by atoms with E-state index in [2.05, 4.69) is 4.74 Å². The average molecular weight is 827 g/mol. The highest BCUT2D eigenvalue weighted by atomic mass is 32.2. The minimum absolute atomic E-state index is 0.0190. The maximum atomic E-state index is 14.3. The van der Waals surface area contributed by atoms with Gasteiger partial charge in [0.05, 0.1) is 35.2 Å². The second kappa shape index (κ2) is 18.4. The zero-order valence-corrected chi connectivity index (χ0v) is 29.9. The number of hydrogen-bond donors (Lipinski definition) is 2. The van der Waals surface area contributed by atoms with Crippen molar-refractivity contribution in [2.24, 2.45) is 16.2 Å². The van der Waals surface area contributed by atoms with E-state index in [-0.39, 0.29) is 39.1 Å². The summed E-state index contributed by atoms with van der Waals surface area (Å²) in [6.45, 7) is 0.488. The predicted molar refractivity (Wildman–Crippen MR) is 157 cm³/mol. The topological polar surface area (TPSA) is 163 Å². The quantitative estimate of drug-likeness (QED) is 0.0367. The molecule has 0 aromatic carbocycles. The first-order valence-electron chi connectivity index (χ1n) is 15.5. The van der Waals surface area contributed by atoms with Crippen molar-refractivity contribution in [2.45, 2.75) is 103 Å². The Bertz CT molecular complexity index is 1350. The number of carbonyl (C=O) groups excluding carboxylic acids is 3. The number of alkyl halides is 12. The summed E-state index contributed by atoms with van der Waals surface area (Å²) in [5, 5.41) is 9.10. The lowest BCUT2D eigenvalue weighted by Gasteiger charge is -2.40. The SMILES string of the molecule is CCC(C)(CC(C)(CC(C)(C)C(=O)OCC(F)(F)C(F)(F)C(F)(F)C(F)(F)C(F)(F)C(F)F)C(=O)OCCO)C(=O)OCCOCCCCS(=O)(=O)O. The Morgan fingerprint density at radius 3 is 1.64 bits per heavy atom. The molecule has 2 atom stereocenters. The van der Waals surface area contributed by atoms with Crippen LogP contribution in [0.1, 0.15) is 66.7 Å². The molecule has 0 fully saturated rings. The van der Waals surface area contributed by atoms with Crippen molar-refractivity contribution in [2.75, 3.05) is 45.4 Å². The molecule has 0 rings (SSSR count). The molecule has 0 saturated heterocycles. The molecule has 0 aromatic heterocycles. The number of esters is 3. The Morgan fingerprint density at radius 2 is 1.17 bits per heavy atom. The Balaban J connectivity index is 6.05. The molecule has 2 unspecified atom stereocenters. The summed E-state index contributed by atoms with van der Waals surface area (Å²) in [6, 6.07) is 0. The Hall–Kier alpha value is -2.60. The smallest absolute Gasteiger partial charge is 0.384 e. The molecule has 53 heavy (non-hydrogen) atoms. The van der Waals surface area contributed by atoms with Crippen LogP contribution >= 0.6 is 0 Å². The van der Waals surface area contributed by atoms with Gasteiger partial charge in [-0.2, -0.15) is 52.3 Å². The van der Waals surface area contributed by atoms with Crippen LogP contribution in [0.15, 0.2) is 0 Å². The molecule has 0 aliphatic carbocycles. The lowest BCUT2D eigenvalue weighted by Crippen LogP contribution is -2.69. The van der Waals surface area contributed by atoms with Crippen LogP contribution < -0.4 is 0 Å². The summed E-state index contributed by atoms with van der Waals surface area (Å²) >= 11 is 0. The molecule has 0 aliphatic heterocycles. The van der Waals surface area contributed by atoms with E-state index in [9.17, 15) is 75.5 Å². The largest absolute Gasteiger partial charge is 0.463 e. The monoisotopic (exact) mass is 826 g/mol. The van der Waals surface area contributed by atoms with Crippen molar-refractivity contribution in [3.8, 4) is 0 Å². The van der Waals surface area contributed by atoms with Crippen molar-refractivity contribution in [3.05, 3.63) is 0 Å². The summed E-state index contributed by atoms with van der Waals surface area (Å²) in [5.74, 6) is -41.5. The lowest BCUT2D eigenvalue weighted by atomic mass is 9.65. The van der Waals surface area contributed by atoms with Crippen LogP contribution in [0.2, 0.25) is 0 Å². The van der Waals surface area contributed by atoms with Crippen molar-refractivity contribution in [3.63, 3.8) is 0 Å². The molecule has 0 amide bonds. The number of aliphatic hydroxyl groups is 1. The summed E-state index contributed by atoms with van der Waals surface area (Å²) < 4.78 is 212. The highest BCUT2D eigenvalue weighted by Gasteiger charge is 2.88. The van der Waals surface area contributed by atoms with Crippen LogP contribution in [-0.2, 0) is 43.4 Å². The zero-order chi connectivity index (χ0) is 42.1. The average Bonchev–Trinajstić information content (AvgIpc) is 3.01. The fourth-order valence-electron chi connectivity index (χ4n) is 4.94. The molecule has 0 aromatic rings. The van der Waals surface area contributed by atoms with Gasteiger partial charge in [0.2, 0.25) is 0 Å². The van der Waals surface area contributed by atoms with E-state index >= 15 is 0 Å². The molecular weight excluding hydrogens is 784 g/mol. The second-order valence-corrected chi connectivity index (χ2v) is 14.8. The highest BCUT2D eigenvalue weighted by Crippen LogP contribution is 2.58. The van der Waals surface area contributed by atoms with Crippen LogP contribution in [0.4, 0.5) is 52.7 Å². The van der Waals surface area contributed by atoms with Crippen molar-refractivity contribution < 1.29 is 104 Å². The maximum absolute atomic E-state index is 14.3. The van der Waals surface area contributed by atoms with E-state index in [0.717, 1.165) is 20.8 Å². The van der Waals surface area contributed by atoms with E-state index in [1.807, 2.05) is 0 Å². The van der Waals surface area contributed by atoms with Gasteiger partial charge in [-0.05, 0) is 59.8 Å². The van der Waals surface area contributed by atoms with Crippen LogP contribution in [0.3, 0.4) is 0 Å². The zero-order valence-electron chi connectivity index (χ0n) is 29.1. The number of halogens is 12. The summed E-state index contributed by atoms with van der Waals surface area (Å²) in [5.41, 5.74) is -5.93. The molecule has 0 aliphatic rings. The molecule has 0 spiro atoms. The molecule has 2 N–H and O–H groups in total. The Kier molecular flexibility index (Phi) is 17.5. The van der Waals surface area contributed by atoms with Crippen molar-refractivity contribution in [1.82, 2.24) is 0 Å². The summed E-state index contributed by atoms with van der Waals surface area (Å²) in [4.78, 5) is 39.1. The Labute approximate surface area is 296 Å². The maximum Gasteiger partial charge on any atom is 0.384 e. The molecule has 0 radical (unpaired) electrons. The first-order valence-corrected chi connectivity index (χ1v) is 17.1. The van der Waals surface area contributed by atoms with Crippen LogP contribution in [0, 0.1) is 16.2 Å². The summed E-state index contributed by atoms with van der Waals surface area (Å²) in [7, 11) is -4.17. The van der Waals surface area contributed by atoms with Gasteiger partial charge in [-0.3, -0.25) is 18.9 Å². The molecule has 0 saturated carbocycles. The molecule has 0 heterocycles. The van der Waals surface area contributed by atoms with Crippen molar-refractivity contribution >= 4 is 28.0 Å². The molecule has 314 valence electrons. The fourth-order valence-corrected chi connectivity index (χ4v) is 5.51. The van der Waals surface area contributed by atoms with Crippen LogP contribution in [0.25, 0.3) is 0 Å². The first-order chi connectivity index (χ1) is 23.7. The van der Waals surface area contributed by atoms with Crippen molar-refractivity contribution in [1.29, 1.82) is 0 Å². The summed E-state index contributed by atoms with van der Waals surface area (Å²) in [6.07, 6.45) is -6.93. The third kappa shape index (κ3) is 12.5. The third-order valence-corrected chi connectivity index (χ3v) is 8.79. The minimum atomic E-state index is -7.84. The van der Waals surface area contributed by atoms with Gasteiger partial charge in [0.15, 0.2) is 6.61 Å². The van der Waals surface area contributed by atoms with Gasteiger partial charge in [-0.25, -0.2) is 8.78 Å². The third-order valence-electron chi connectivity index (χ3n) is 7.98. The van der Waals surface area contributed by atoms with E-state index in [1.165, 1.54) is 13.8 Å². The second-order valence-electron chi connectivity index (χ2n) is 13.2. The van der Waals surface area contributed by atoms with Gasteiger partial charge in [-0.1, -0.05) is 6.92 Å². The molecule has 24 heteroatoms. The minimum Gasteiger partial charge on any atom is -0.463 e. The number of hydrogen-bond acceptors (Lipinski definition) is 10. The lowest BCUT2D eigenvalue weighted by molar-refractivity contribution is -0.414. The van der Waals surface area contributed by atoms with Gasteiger partial charge in [0.1, 0.15) is 13.2 Å².